The first-order valence-electron chi connectivity index (χ1n) is 6.45. The zero-order valence-electron chi connectivity index (χ0n) is 10.1. The van der Waals surface area contributed by atoms with Crippen LogP contribution < -0.4 is 5.32 Å². The van der Waals surface area contributed by atoms with Crippen LogP contribution in [0.15, 0.2) is 4.99 Å². The van der Waals surface area contributed by atoms with Gasteiger partial charge in [-0.3, -0.25) is 4.99 Å². The summed E-state index contributed by atoms with van der Waals surface area (Å²) in [5.74, 6) is 1.78. The second kappa shape index (κ2) is 6.41. The van der Waals surface area contributed by atoms with Crippen molar-refractivity contribution in [3.05, 3.63) is 0 Å². The number of halogens is 1. The van der Waals surface area contributed by atoms with E-state index in [1.165, 1.54) is 0 Å². The summed E-state index contributed by atoms with van der Waals surface area (Å²) in [5, 5.41) is 14.8. The summed E-state index contributed by atoms with van der Waals surface area (Å²) in [6.45, 7) is 1.79. The predicted octanol–water partition coefficient (Wildman–Crippen LogP) is 2.02. The maximum absolute atomic E-state index is 10.5. The summed E-state index contributed by atoms with van der Waals surface area (Å²) >= 11 is 7.42. The lowest BCUT2D eigenvalue weighted by Crippen LogP contribution is -2.46. The first kappa shape index (κ1) is 13.7. The molecule has 2 aliphatic rings. The van der Waals surface area contributed by atoms with Gasteiger partial charge < -0.3 is 10.4 Å². The third-order valence-electron chi connectivity index (χ3n) is 3.46. The van der Waals surface area contributed by atoms with Crippen molar-refractivity contribution in [1.82, 2.24) is 5.32 Å². The minimum atomic E-state index is -0.642. The number of aliphatic imine (C=N–C) groups is 1. The lowest BCUT2D eigenvalue weighted by Gasteiger charge is -2.32. The van der Waals surface area contributed by atoms with Gasteiger partial charge in [0.1, 0.15) is 5.60 Å². The van der Waals surface area contributed by atoms with Crippen LogP contribution in [0.3, 0.4) is 0 Å². The molecule has 2 rings (SSSR count). The Labute approximate surface area is 112 Å². The molecular weight excluding hydrogens is 256 g/mol. The second-order valence-corrected chi connectivity index (χ2v) is 6.25. The van der Waals surface area contributed by atoms with E-state index < -0.39 is 5.60 Å². The van der Waals surface area contributed by atoms with Crippen molar-refractivity contribution >= 4 is 28.4 Å². The van der Waals surface area contributed by atoms with E-state index in [1.54, 1.807) is 11.8 Å². The molecule has 0 bridgehead atoms. The monoisotopic (exact) mass is 276 g/mol. The molecule has 2 N–H and O–H groups in total. The SMILES string of the molecule is OC1(C2=NC(CCCCCl)CS2)CCNCC1. The molecule has 98 valence electrons. The number of hydrogen-bond donors (Lipinski definition) is 2. The van der Waals surface area contributed by atoms with Crippen molar-refractivity contribution in [2.24, 2.45) is 4.99 Å². The molecule has 1 fully saturated rings. The van der Waals surface area contributed by atoms with E-state index in [9.17, 15) is 5.11 Å². The first-order chi connectivity index (χ1) is 8.24. The van der Waals surface area contributed by atoms with Gasteiger partial charge in [-0.05, 0) is 38.8 Å². The summed E-state index contributed by atoms with van der Waals surface area (Å²) in [5.41, 5.74) is -0.642. The van der Waals surface area contributed by atoms with Crippen LogP contribution in [0, 0.1) is 0 Å². The summed E-state index contributed by atoms with van der Waals surface area (Å²) in [7, 11) is 0. The quantitative estimate of drug-likeness (QED) is 0.597. The molecule has 5 heteroatoms. The third kappa shape index (κ3) is 3.60. The number of unbranched alkanes of at least 4 members (excludes halogenated alkanes) is 1. The van der Waals surface area contributed by atoms with Gasteiger partial charge in [-0.25, -0.2) is 0 Å². The van der Waals surface area contributed by atoms with Gasteiger partial charge in [0.2, 0.25) is 0 Å². The number of aliphatic hydroxyl groups is 1. The van der Waals surface area contributed by atoms with Gasteiger partial charge >= 0.3 is 0 Å². The normalized spacial score (nSPS) is 28.1. The molecule has 0 radical (unpaired) electrons. The molecular formula is C12H21ClN2OS. The van der Waals surface area contributed by atoms with E-state index in [4.69, 9.17) is 16.6 Å². The number of piperidine rings is 1. The average molecular weight is 277 g/mol. The molecule has 0 spiro atoms. The molecule has 1 saturated heterocycles. The van der Waals surface area contributed by atoms with E-state index in [-0.39, 0.29) is 0 Å². The number of nitrogens with zero attached hydrogens (tertiary/aromatic N) is 1. The van der Waals surface area contributed by atoms with Crippen LogP contribution in [0.25, 0.3) is 0 Å². The fourth-order valence-electron chi connectivity index (χ4n) is 2.35. The van der Waals surface area contributed by atoms with Crippen LogP contribution in [0.2, 0.25) is 0 Å². The Kier molecular flexibility index (Phi) is 5.15. The van der Waals surface area contributed by atoms with Crippen molar-refractivity contribution in [3.8, 4) is 0 Å². The van der Waals surface area contributed by atoms with E-state index in [2.05, 4.69) is 5.32 Å². The second-order valence-electron chi connectivity index (χ2n) is 4.87. The van der Waals surface area contributed by atoms with Crippen LogP contribution in [-0.2, 0) is 0 Å². The van der Waals surface area contributed by atoms with Crippen LogP contribution in [-0.4, -0.2) is 46.5 Å². The van der Waals surface area contributed by atoms with E-state index >= 15 is 0 Å². The summed E-state index contributed by atoms with van der Waals surface area (Å²) in [6.07, 6.45) is 4.92. The average Bonchev–Trinajstić information content (AvgIpc) is 2.80. The Hall–Kier alpha value is 0.230. The highest BCUT2D eigenvalue weighted by molar-refractivity contribution is 8.14. The minimum absolute atomic E-state index is 0.400. The van der Waals surface area contributed by atoms with Crippen LogP contribution in [0.4, 0.5) is 0 Å². The molecule has 2 heterocycles. The molecule has 2 aliphatic heterocycles. The zero-order valence-corrected chi connectivity index (χ0v) is 11.7. The number of nitrogens with one attached hydrogen (secondary N) is 1. The molecule has 0 amide bonds. The Balaban J connectivity index is 1.86. The minimum Gasteiger partial charge on any atom is -0.383 e. The standard InChI is InChI=1S/C12H21ClN2OS/c13-6-2-1-3-10-9-17-11(15-10)12(16)4-7-14-8-5-12/h10,14,16H,1-9H2. The Bertz CT molecular complexity index is 280. The smallest absolute Gasteiger partial charge is 0.115 e. The predicted molar refractivity (Wildman–Crippen MR) is 75.3 cm³/mol. The molecule has 0 aromatic heterocycles. The van der Waals surface area contributed by atoms with E-state index in [0.29, 0.717) is 6.04 Å². The highest BCUT2D eigenvalue weighted by Crippen LogP contribution is 2.32. The van der Waals surface area contributed by atoms with Gasteiger partial charge in [0.05, 0.1) is 11.1 Å². The summed E-state index contributed by atoms with van der Waals surface area (Å²) < 4.78 is 0. The van der Waals surface area contributed by atoms with Gasteiger partial charge in [-0.15, -0.1) is 23.4 Å². The highest BCUT2D eigenvalue weighted by Gasteiger charge is 2.38. The van der Waals surface area contributed by atoms with Gasteiger partial charge in [-0.2, -0.15) is 0 Å². The van der Waals surface area contributed by atoms with Crippen molar-refractivity contribution < 1.29 is 5.11 Å². The van der Waals surface area contributed by atoms with Crippen molar-refractivity contribution in [2.75, 3.05) is 24.7 Å². The Morgan fingerprint density at radius 3 is 2.88 bits per heavy atom. The summed E-state index contributed by atoms with van der Waals surface area (Å²) in [6, 6.07) is 0.400. The van der Waals surface area contributed by atoms with Crippen LogP contribution in [0.5, 0.6) is 0 Å². The highest BCUT2D eigenvalue weighted by atomic mass is 35.5. The van der Waals surface area contributed by atoms with Crippen LogP contribution in [0.1, 0.15) is 32.1 Å². The molecule has 0 aliphatic carbocycles. The van der Waals surface area contributed by atoms with Crippen LogP contribution >= 0.6 is 23.4 Å². The molecule has 1 unspecified atom stereocenters. The zero-order chi connectivity index (χ0) is 12.1. The topological polar surface area (TPSA) is 44.6 Å². The van der Waals surface area contributed by atoms with E-state index in [0.717, 1.165) is 61.9 Å². The fraction of sp³-hybridized carbons (Fsp3) is 0.917. The summed E-state index contributed by atoms with van der Waals surface area (Å²) in [4.78, 5) is 4.71. The molecule has 0 aromatic rings. The molecule has 3 nitrogen and oxygen atoms in total. The lowest BCUT2D eigenvalue weighted by molar-refractivity contribution is 0.0809. The molecule has 0 aromatic carbocycles. The fourth-order valence-corrected chi connectivity index (χ4v) is 3.82. The van der Waals surface area contributed by atoms with Crippen molar-refractivity contribution in [2.45, 2.75) is 43.7 Å². The first-order valence-corrected chi connectivity index (χ1v) is 7.97. The van der Waals surface area contributed by atoms with Gasteiger partial charge in [0.15, 0.2) is 0 Å². The van der Waals surface area contributed by atoms with Gasteiger partial charge in [0, 0.05) is 11.6 Å². The van der Waals surface area contributed by atoms with Crippen molar-refractivity contribution in [3.63, 3.8) is 0 Å². The molecule has 17 heavy (non-hydrogen) atoms. The molecule has 0 saturated carbocycles. The Morgan fingerprint density at radius 1 is 1.41 bits per heavy atom. The number of hydrogen-bond acceptors (Lipinski definition) is 4. The van der Waals surface area contributed by atoms with Gasteiger partial charge in [-0.1, -0.05) is 6.42 Å². The maximum atomic E-state index is 10.5. The maximum Gasteiger partial charge on any atom is 0.115 e. The van der Waals surface area contributed by atoms with Crippen molar-refractivity contribution in [1.29, 1.82) is 0 Å². The third-order valence-corrected chi connectivity index (χ3v) is 5.04. The Morgan fingerprint density at radius 2 is 2.18 bits per heavy atom. The van der Waals surface area contributed by atoms with Gasteiger partial charge in [0.25, 0.3) is 0 Å². The largest absolute Gasteiger partial charge is 0.383 e. The number of thioether (sulfide) groups is 1. The number of rotatable bonds is 5. The lowest BCUT2D eigenvalue weighted by atomic mass is 9.93. The molecule has 1 atom stereocenters. The number of alkyl halides is 1. The van der Waals surface area contributed by atoms with E-state index in [1.807, 2.05) is 0 Å².